The van der Waals surface area contributed by atoms with Crippen LogP contribution in [0.2, 0.25) is 0 Å². The number of carboxylic acid groups (broad SMARTS) is 3. The van der Waals surface area contributed by atoms with Gasteiger partial charge in [0.25, 0.3) is 0 Å². The summed E-state index contributed by atoms with van der Waals surface area (Å²) >= 11 is 0.796. The van der Waals surface area contributed by atoms with Gasteiger partial charge >= 0.3 is 17.9 Å². The van der Waals surface area contributed by atoms with Crippen LogP contribution in [0.5, 0.6) is 11.5 Å². The number of phenolic OH excluding ortho intramolecular Hbond substituents is 2. The molecule has 131 heavy (non-hydrogen) atoms. The molecule has 0 spiro atoms. The van der Waals surface area contributed by atoms with Gasteiger partial charge in [-0.3, -0.25) is 101 Å². The molecule has 4 rings (SSSR count). The maximum Gasteiger partial charge on any atom is 0.305 e. The molecule has 0 unspecified atom stereocenters. The molecule has 1 heterocycles. The number of aliphatic hydroxyl groups excluding tert-OH is 4. The first kappa shape index (κ1) is 110. The number of carbonyl (C=O) groups is 20. The maximum atomic E-state index is 14.7. The van der Waals surface area contributed by atoms with Gasteiger partial charge < -0.3 is 131 Å². The Labute approximate surface area is 757 Å². The molecule has 26 N–H and O–H groups in total. The summed E-state index contributed by atoms with van der Waals surface area (Å²) < 4.78 is 0. The minimum atomic E-state index is -2.23. The number of rotatable bonds is 59. The van der Waals surface area contributed by atoms with Crippen molar-refractivity contribution in [3.8, 4) is 11.5 Å². The van der Waals surface area contributed by atoms with E-state index >= 15 is 0 Å². The predicted molar refractivity (Wildman–Crippen MR) is 465 cm³/mol. The number of thioether (sulfide) groups is 1. The molecule has 17 amide bonds. The van der Waals surface area contributed by atoms with Crippen molar-refractivity contribution < 1.29 is 142 Å². The molecule has 0 saturated carbocycles. The second kappa shape index (κ2) is 56.5. The number of aromatic hydroxyl groups is 2. The highest BCUT2D eigenvalue weighted by molar-refractivity contribution is 8.00. The Morgan fingerprint density at radius 3 is 1.27 bits per heavy atom. The molecule has 0 bridgehead atoms. The van der Waals surface area contributed by atoms with E-state index in [4.69, 9.17) is 5.73 Å². The first-order valence-electron chi connectivity index (χ1n) is 42.3. The molecule has 3 aromatic carbocycles. The van der Waals surface area contributed by atoms with Crippen LogP contribution in [-0.4, -0.2) is 311 Å². The number of carbonyl (C=O) groups excluding carboxylic acids is 17. The number of amides is 17. The fraction of sp³-hybridized carbons (Fsp3) is 0.548. The van der Waals surface area contributed by atoms with Gasteiger partial charge in [0.1, 0.15) is 84.0 Å². The Morgan fingerprint density at radius 1 is 0.412 bits per heavy atom. The molecule has 0 aliphatic carbocycles. The SMILES string of the molecule is CC[C@H](C)[C@H](NC(=O)[C@H](CO)NC(=O)[C@H](Cc1ccc(O)cc1)NC(=O)[C@H](CC(=O)O)NC(=O)[C@H](CO)NC(=O)[C@@H](NC(=O)[C@H](Cc1ccccc1)NC(=O)[C@@H](NC(=O)CNC(=O)[C@H](CCC(=O)O)NC(=O)CSCC(=O)NCCN1C(=O)CCC1=O)[C@@H](C)O)[C@@H](C)O)C(=O)N[C@@H](Cc1ccc(O)cc1)C(=O)N[C@@H](CC(C)C)C(=O)N[C@@H](CC(=O)O)C(=O)N[C@H](C)CCCCN. The van der Waals surface area contributed by atoms with Crippen LogP contribution in [0.3, 0.4) is 0 Å². The zero-order valence-electron chi connectivity index (χ0n) is 73.5. The molecule has 47 heteroatoms. The Balaban J connectivity index is 1.53. The molecule has 3 aromatic rings. The lowest BCUT2D eigenvalue weighted by molar-refractivity contribution is -0.142. The molecule has 1 aliphatic rings. The third-order valence-corrected chi connectivity index (χ3v) is 21.3. The molecule has 1 saturated heterocycles. The number of nitrogens with one attached hydrogen (secondary N) is 15. The molecule has 0 aromatic heterocycles. The Kier molecular flexibility index (Phi) is 47.6. The Hall–Kier alpha value is -13.0. The topological polar surface area (TPSA) is 733 Å². The predicted octanol–water partition coefficient (Wildman–Crippen LogP) is -6.66. The number of aliphatic hydroxyl groups is 4. The van der Waals surface area contributed by atoms with E-state index in [2.05, 4.69) is 79.8 Å². The molecule has 1 fully saturated rings. The normalized spacial score (nSPS) is 15.4. The second-order valence-corrected chi connectivity index (χ2v) is 32.7. The third kappa shape index (κ3) is 39.9. The van der Waals surface area contributed by atoms with E-state index in [0.29, 0.717) is 36.9 Å². The van der Waals surface area contributed by atoms with E-state index < -0.39 is 267 Å². The van der Waals surface area contributed by atoms with Crippen molar-refractivity contribution in [1.82, 2.24) is 84.7 Å². The van der Waals surface area contributed by atoms with Crippen molar-refractivity contribution in [2.75, 3.05) is 50.9 Å². The highest BCUT2D eigenvalue weighted by Crippen LogP contribution is 2.19. The molecule has 1 aliphatic heterocycles. The van der Waals surface area contributed by atoms with Gasteiger partial charge in [-0.25, -0.2) is 0 Å². The molecule has 46 nitrogen and oxygen atoms in total. The van der Waals surface area contributed by atoms with Gasteiger partial charge in [0.2, 0.25) is 100 Å². The molecule has 722 valence electrons. The standard InChI is InChI=1S/C84H121N17O29S/c1-8-44(4)70(82(128)94-56(35-50-19-23-52(107)24-20-50)76(122)90-54(32-43(2)3)75(121)92-58(36-68(115)116)74(120)88-45(5)14-12-13-29-85)99-81(127)61(40-103)96-77(123)55(34-49-17-21-51(106)22-18-49)91-78(124)59(37-69(117)118)93-80(126)60(39-102)97-84(130)72(47(7)105)100-79(125)57(33-48-15-10-9-11-16-48)95-83(129)71(46(6)104)98-62(108)38-87-73(119)53(25-28-67(113)114)89-64(110)42-131-41-63(109)86-30-31-101-65(111)26-27-66(101)112/h9-11,15-24,43-47,53-61,70-72,102-107H,8,12-14,25-42,85H2,1-7H3,(H,86,109)(H,87,119)(H,88,120)(H,89,110)(H,90,122)(H,91,124)(H,92,121)(H,93,126)(H,94,128)(H,95,129)(H,96,123)(H,97,130)(H,98,108)(H,99,127)(H,100,125)(H,113,114)(H,115,116)(H,117,118)/t44-,45+,46+,47+,53-,54-,55-,56-,57-,58-,59-,60-,61-,70-,71-,72-/m0/s1. The second-order valence-electron chi connectivity index (χ2n) is 31.7. The summed E-state index contributed by atoms with van der Waals surface area (Å²) in [6.45, 7) is 7.02. The van der Waals surface area contributed by atoms with Gasteiger partial charge in [-0.2, -0.15) is 0 Å². The van der Waals surface area contributed by atoms with E-state index in [1.165, 1.54) is 67.6 Å². The lowest BCUT2D eigenvalue weighted by atomic mass is 9.96. The van der Waals surface area contributed by atoms with E-state index in [1.54, 1.807) is 45.9 Å². The summed E-state index contributed by atoms with van der Waals surface area (Å²) in [6.07, 6.45) is -6.34. The van der Waals surface area contributed by atoms with E-state index in [9.17, 15) is 142 Å². The monoisotopic (exact) mass is 1860 g/mol. The minimum Gasteiger partial charge on any atom is -0.508 e. The molecular weight excluding hydrogens is 1740 g/mol. The molecule has 16 atom stereocenters. The summed E-state index contributed by atoms with van der Waals surface area (Å²) in [5, 5.41) is 128. The number of hydrogen-bond acceptors (Lipinski definition) is 28. The van der Waals surface area contributed by atoms with Gasteiger partial charge in [-0.1, -0.05) is 95.1 Å². The summed E-state index contributed by atoms with van der Waals surface area (Å²) in [4.78, 5) is 270. The van der Waals surface area contributed by atoms with Crippen LogP contribution in [0, 0.1) is 11.8 Å². The number of imide groups is 1. The fourth-order valence-electron chi connectivity index (χ4n) is 13.0. The quantitative estimate of drug-likeness (QED) is 0.0185. The number of nitrogens with two attached hydrogens (primary N) is 1. The first-order chi connectivity index (χ1) is 61.9. The number of aliphatic carboxylic acids is 3. The van der Waals surface area contributed by atoms with Crippen LogP contribution in [0.25, 0.3) is 0 Å². The van der Waals surface area contributed by atoms with E-state index in [-0.39, 0.29) is 85.7 Å². The van der Waals surface area contributed by atoms with Gasteiger partial charge in [-0.05, 0) is 106 Å². The minimum absolute atomic E-state index is 0.0563. The van der Waals surface area contributed by atoms with Crippen molar-refractivity contribution in [3.05, 3.63) is 95.6 Å². The van der Waals surface area contributed by atoms with Crippen LogP contribution in [0.4, 0.5) is 0 Å². The molecular formula is C84H121N17O29S. The average Bonchev–Trinajstić information content (AvgIpc) is 1.01. The maximum absolute atomic E-state index is 14.7. The van der Waals surface area contributed by atoms with Gasteiger partial charge in [-0.15, -0.1) is 11.8 Å². The van der Waals surface area contributed by atoms with Crippen LogP contribution >= 0.6 is 11.8 Å². The number of benzene rings is 3. The van der Waals surface area contributed by atoms with Crippen LogP contribution in [0.1, 0.15) is 136 Å². The van der Waals surface area contributed by atoms with Crippen LogP contribution in [-0.2, 0) is 115 Å². The lowest BCUT2D eigenvalue weighted by Crippen LogP contribution is -2.63. The summed E-state index contributed by atoms with van der Waals surface area (Å²) in [7, 11) is 0. The third-order valence-electron chi connectivity index (χ3n) is 20.3. The van der Waals surface area contributed by atoms with Crippen molar-refractivity contribution in [2.45, 2.75) is 229 Å². The van der Waals surface area contributed by atoms with Crippen LogP contribution in [0.15, 0.2) is 78.9 Å². The van der Waals surface area contributed by atoms with Crippen molar-refractivity contribution in [3.63, 3.8) is 0 Å². The lowest BCUT2D eigenvalue weighted by Gasteiger charge is -2.30. The number of likely N-dealkylation sites (tertiary alicyclic amines) is 1. The van der Waals surface area contributed by atoms with Crippen molar-refractivity contribution >= 4 is 130 Å². The van der Waals surface area contributed by atoms with Gasteiger partial charge in [0, 0.05) is 57.7 Å². The number of unbranched alkanes of at least 4 members (excludes halogenated alkanes) is 1. The largest absolute Gasteiger partial charge is 0.508 e. The summed E-state index contributed by atoms with van der Waals surface area (Å²) in [6, 6.07) is -4.40. The van der Waals surface area contributed by atoms with Crippen molar-refractivity contribution in [2.24, 2.45) is 17.6 Å². The van der Waals surface area contributed by atoms with E-state index in [0.717, 1.165) is 30.5 Å². The average molecular weight is 1870 g/mol. The molecule has 0 radical (unpaired) electrons. The smallest absolute Gasteiger partial charge is 0.305 e. The van der Waals surface area contributed by atoms with Gasteiger partial charge in [0.15, 0.2) is 0 Å². The van der Waals surface area contributed by atoms with Crippen molar-refractivity contribution in [1.29, 1.82) is 0 Å². The highest BCUT2D eigenvalue weighted by Gasteiger charge is 2.41. The summed E-state index contributed by atoms with van der Waals surface area (Å²) in [5.41, 5.74) is 6.48. The summed E-state index contributed by atoms with van der Waals surface area (Å²) in [5.74, 6) is -24.5. The Bertz CT molecular complexity index is 4420. The zero-order valence-corrected chi connectivity index (χ0v) is 74.3. The Morgan fingerprint density at radius 2 is 0.809 bits per heavy atom. The number of carboxylic acids is 3. The number of nitrogens with zero attached hydrogens (tertiary/aromatic N) is 1. The first-order valence-corrected chi connectivity index (χ1v) is 43.4. The highest BCUT2D eigenvalue weighted by atomic mass is 32.2. The fourth-order valence-corrected chi connectivity index (χ4v) is 13.7. The van der Waals surface area contributed by atoms with E-state index in [1.807, 2.05) is 0 Å². The zero-order chi connectivity index (χ0) is 97.9. The van der Waals surface area contributed by atoms with Crippen LogP contribution < -0.4 is 85.5 Å². The van der Waals surface area contributed by atoms with Gasteiger partial charge in [0.05, 0.1) is 56.3 Å². The number of phenols is 2. The number of hydrogen-bond donors (Lipinski definition) is 25.